The summed E-state index contributed by atoms with van der Waals surface area (Å²) in [4.78, 5) is 34.6. The number of anilines is 2. The summed E-state index contributed by atoms with van der Waals surface area (Å²) in [6, 6.07) is 21.6. The molecule has 5 rings (SSSR count). The van der Waals surface area contributed by atoms with Crippen molar-refractivity contribution in [2.24, 2.45) is 5.92 Å². The number of para-hydroxylation sites is 1. The molecular formula is C27H25BrN2O5. The lowest BCUT2D eigenvalue weighted by atomic mass is 9.90. The van der Waals surface area contributed by atoms with Gasteiger partial charge in [-0.15, -0.1) is 0 Å². The van der Waals surface area contributed by atoms with Gasteiger partial charge in [0.25, 0.3) is 5.91 Å². The smallest absolute Gasteiger partial charge is 0.266 e. The van der Waals surface area contributed by atoms with Crippen molar-refractivity contribution < 1.29 is 23.9 Å². The third-order valence-corrected chi connectivity index (χ3v) is 6.83. The largest absolute Gasteiger partial charge is 0.496 e. The molecule has 3 aromatic rings. The molecule has 0 bridgehead atoms. The van der Waals surface area contributed by atoms with Gasteiger partial charge in [0.15, 0.2) is 6.10 Å². The van der Waals surface area contributed by atoms with Crippen LogP contribution in [0.5, 0.6) is 11.5 Å². The van der Waals surface area contributed by atoms with E-state index in [0.717, 1.165) is 22.1 Å². The Kier molecular flexibility index (Phi) is 6.49. The summed E-state index contributed by atoms with van der Waals surface area (Å²) in [7, 11) is 1.60. The molecular weight excluding hydrogens is 512 g/mol. The van der Waals surface area contributed by atoms with Crippen LogP contribution in [0.4, 0.5) is 11.4 Å². The van der Waals surface area contributed by atoms with Gasteiger partial charge < -0.3 is 9.47 Å². The Morgan fingerprint density at radius 3 is 2.34 bits per heavy atom. The number of rotatable bonds is 7. The fraction of sp³-hybridized carbons (Fsp3) is 0.259. The number of hydroxylamine groups is 1. The van der Waals surface area contributed by atoms with E-state index < -0.39 is 18.1 Å². The molecule has 2 aliphatic heterocycles. The highest BCUT2D eigenvalue weighted by Crippen LogP contribution is 2.48. The number of nitrogens with zero attached hydrogens (tertiary/aromatic N) is 2. The Morgan fingerprint density at radius 1 is 0.943 bits per heavy atom. The van der Waals surface area contributed by atoms with E-state index >= 15 is 0 Å². The van der Waals surface area contributed by atoms with Gasteiger partial charge in [0.1, 0.15) is 17.4 Å². The average molecular weight is 537 g/mol. The number of benzene rings is 3. The number of methoxy groups -OCH3 is 1. The highest BCUT2D eigenvalue weighted by atomic mass is 79.9. The molecule has 0 aromatic heterocycles. The summed E-state index contributed by atoms with van der Waals surface area (Å²) in [5.74, 6) is -0.00601. The molecule has 35 heavy (non-hydrogen) atoms. The van der Waals surface area contributed by atoms with Crippen molar-refractivity contribution in [1.82, 2.24) is 0 Å². The minimum absolute atomic E-state index is 0.294. The van der Waals surface area contributed by atoms with Crippen molar-refractivity contribution >= 4 is 39.1 Å². The van der Waals surface area contributed by atoms with E-state index in [4.69, 9.17) is 14.3 Å². The molecule has 8 heteroatoms. The van der Waals surface area contributed by atoms with Crippen LogP contribution in [-0.4, -0.2) is 31.6 Å². The zero-order valence-corrected chi connectivity index (χ0v) is 21.0. The standard InChI is InChI=1S/C27H25BrN2O5/c1-3-15-34-20-12-10-18(11-13-20)29-26(31)23-24(17-9-14-22(33-2)21(28)16-17)30(35-25(23)27(29)32)19-7-5-4-6-8-19/h4-14,16,23-25H,3,15H2,1-2H3/t23-,24+,25-/m1/s1. The molecule has 0 unspecified atom stereocenters. The first kappa shape index (κ1) is 23.4. The van der Waals surface area contributed by atoms with Gasteiger partial charge in [-0.1, -0.05) is 31.2 Å². The topological polar surface area (TPSA) is 68.3 Å². The fourth-order valence-corrected chi connectivity index (χ4v) is 5.14. The van der Waals surface area contributed by atoms with Crippen LogP contribution in [-0.2, 0) is 14.4 Å². The molecule has 3 atom stereocenters. The number of halogens is 1. The molecule has 7 nitrogen and oxygen atoms in total. The first-order valence-corrected chi connectivity index (χ1v) is 12.3. The predicted octanol–water partition coefficient (Wildman–Crippen LogP) is 5.30. The monoisotopic (exact) mass is 536 g/mol. The van der Waals surface area contributed by atoms with E-state index in [2.05, 4.69) is 15.9 Å². The van der Waals surface area contributed by atoms with Gasteiger partial charge in [-0.25, -0.2) is 9.96 Å². The van der Waals surface area contributed by atoms with Crippen LogP contribution < -0.4 is 19.4 Å². The molecule has 2 saturated heterocycles. The number of imide groups is 1. The lowest BCUT2D eigenvalue weighted by Crippen LogP contribution is -2.37. The van der Waals surface area contributed by atoms with Gasteiger partial charge in [-0.05, 0) is 76.4 Å². The summed E-state index contributed by atoms with van der Waals surface area (Å²) < 4.78 is 11.8. The van der Waals surface area contributed by atoms with Crippen molar-refractivity contribution in [2.45, 2.75) is 25.5 Å². The number of carbonyl (C=O) groups is 2. The van der Waals surface area contributed by atoms with E-state index in [1.165, 1.54) is 4.90 Å². The van der Waals surface area contributed by atoms with Crippen LogP contribution in [0.1, 0.15) is 24.9 Å². The number of fused-ring (bicyclic) bond motifs is 1. The lowest BCUT2D eigenvalue weighted by molar-refractivity contribution is -0.126. The first-order chi connectivity index (χ1) is 17.0. The van der Waals surface area contributed by atoms with Gasteiger partial charge in [0, 0.05) is 0 Å². The van der Waals surface area contributed by atoms with Gasteiger partial charge in [-0.2, -0.15) is 0 Å². The first-order valence-electron chi connectivity index (χ1n) is 11.5. The van der Waals surface area contributed by atoms with Crippen LogP contribution >= 0.6 is 15.9 Å². The highest BCUT2D eigenvalue weighted by molar-refractivity contribution is 9.10. The molecule has 2 aliphatic rings. The molecule has 0 saturated carbocycles. The maximum absolute atomic E-state index is 13.8. The predicted molar refractivity (Wildman–Crippen MR) is 135 cm³/mol. The Balaban J connectivity index is 1.51. The molecule has 180 valence electrons. The Morgan fingerprint density at radius 2 is 1.69 bits per heavy atom. The Hall–Kier alpha value is -3.36. The number of hydrogen-bond donors (Lipinski definition) is 0. The second kappa shape index (κ2) is 9.71. The summed E-state index contributed by atoms with van der Waals surface area (Å²) in [6.45, 7) is 2.64. The van der Waals surface area contributed by atoms with Crippen LogP contribution in [0.25, 0.3) is 0 Å². The van der Waals surface area contributed by atoms with Crippen molar-refractivity contribution in [3.63, 3.8) is 0 Å². The summed E-state index contributed by atoms with van der Waals surface area (Å²) in [6.07, 6.45) is -0.0311. The highest BCUT2D eigenvalue weighted by Gasteiger charge is 2.60. The van der Waals surface area contributed by atoms with Crippen molar-refractivity contribution in [3.05, 3.63) is 82.8 Å². The average Bonchev–Trinajstić information content (AvgIpc) is 3.39. The molecule has 0 spiro atoms. The normalized spacial score (nSPS) is 21.4. The molecule has 3 aromatic carbocycles. The summed E-state index contributed by atoms with van der Waals surface area (Å²) >= 11 is 3.54. The van der Waals surface area contributed by atoms with E-state index in [1.54, 1.807) is 36.4 Å². The van der Waals surface area contributed by atoms with Crippen molar-refractivity contribution in [2.75, 3.05) is 23.7 Å². The number of hydrogen-bond acceptors (Lipinski definition) is 6. The van der Waals surface area contributed by atoms with Crippen LogP contribution in [0.3, 0.4) is 0 Å². The molecule has 0 N–H and O–H groups in total. The Bertz CT molecular complexity index is 1230. The minimum Gasteiger partial charge on any atom is -0.496 e. The minimum atomic E-state index is -0.926. The van der Waals surface area contributed by atoms with Gasteiger partial charge in [-0.3, -0.25) is 14.4 Å². The van der Waals surface area contributed by atoms with Crippen LogP contribution in [0.15, 0.2) is 77.3 Å². The number of ether oxygens (including phenoxy) is 2. The third kappa shape index (κ3) is 4.17. The summed E-state index contributed by atoms with van der Waals surface area (Å²) in [5, 5.41) is 1.68. The van der Waals surface area contributed by atoms with E-state index in [9.17, 15) is 9.59 Å². The molecule has 2 amide bonds. The fourth-order valence-electron chi connectivity index (χ4n) is 4.58. The number of amides is 2. The maximum atomic E-state index is 13.8. The van der Waals surface area contributed by atoms with Crippen molar-refractivity contribution in [1.29, 1.82) is 0 Å². The second-order valence-electron chi connectivity index (χ2n) is 8.41. The van der Waals surface area contributed by atoms with E-state index in [1.807, 2.05) is 55.5 Å². The number of carbonyl (C=O) groups excluding carboxylic acids is 2. The lowest BCUT2D eigenvalue weighted by Gasteiger charge is -2.29. The quantitative estimate of drug-likeness (QED) is 0.382. The van der Waals surface area contributed by atoms with Gasteiger partial charge in [0.05, 0.1) is 35.6 Å². The zero-order chi connectivity index (χ0) is 24.5. The zero-order valence-electron chi connectivity index (χ0n) is 19.4. The molecule has 0 aliphatic carbocycles. The van der Waals surface area contributed by atoms with Gasteiger partial charge >= 0.3 is 0 Å². The van der Waals surface area contributed by atoms with Crippen molar-refractivity contribution in [3.8, 4) is 11.5 Å². The molecule has 2 fully saturated rings. The maximum Gasteiger partial charge on any atom is 0.266 e. The second-order valence-corrected chi connectivity index (χ2v) is 9.26. The third-order valence-electron chi connectivity index (χ3n) is 6.21. The molecule has 0 radical (unpaired) electrons. The Labute approximate surface area is 212 Å². The van der Waals surface area contributed by atoms with E-state index in [-0.39, 0.29) is 11.8 Å². The molecule has 2 heterocycles. The summed E-state index contributed by atoms with van der Waals surface area (Å²) in [5.41, 5.74) is 2.10. The SMILES string of the molecule is CCCOc1ccc(N2C(=O)[C@H]3[C@@H](ON(c4ccccc4)[C@H]3c3ccc(OC)c(Br)c3)C2=O)cc1. The van der Waals surface area contributed by atoms with Crippen LogP contribution in [0.2, 0.25) is 0 Å². The van der Waals surface area contributed by atoms with Crippen LogP contribution in [0, 0.1) is 5.92 Å². The van der Waals surface area contributed by atoms with Gasteiger partial charge in [0.2, 0.25) is 5.91 Å². The van der Waals surface area contributed by atoms with E-state index in [0.29, 0.717) is 23.8 Å².